The fraction of sp³-hybridized carbons (Fsp3) is 0.400. The van der Waals surface area contributed by atoms with E-state index in [1.165, 1.54) is 4.52 Å². The number of aromatic nitrogens is 4. The summed E-state index contributed by atoms with van der Waals surface area (Å²) in [6.07, 6.45) is 1.67. The molecule has 0 saturated carbocycles. The molecule has 2 heterocycles. The van der Waals surface area contributed by atoms with E-state index in [4.69, 9.17) is 4.74 Å². The van der Waals surface area contributed by atoms with Gasteiger partial charge in [-0.15, -0.1) is 5.10 Å². The van der Waals surface area contributed by atoms with Gasteiger partial charge < -0.3 is 4.74 Å². The zero-order valence-corrected chi connectivity index (χ0v) is 9.34. The molecule has 0 N–H and O–H groups in total. The number of pyridine rings is 1. The molecule has 84 valence electrons. The molecule has 0 atom stereocenters. The van der Waals surface area contributed by atoms with Gasteiger partial charge in [0.1, 0.15) is 11.2 Å². The SMILES string of the molecule is CC(C)(C)OC(=O)c1cccn2nnnc12. The molecule has 6 nitrogen and oxygen atoms in total. The van der Waals surface area contributed by atoms with Crippen molar-refractivity contribution in [3.8, 4) is 0 Å². The molecule has 2 aromatic rings. The number of carbonyl (C=O) groups excluding carboxylic acids is 1. The van der Waals surface area contributed by atoms with Gasteiger partial charge in [0.25, 0.3) is 0 Å². The molecule has 0 spiro atoms. The number of carbonyl (C=O) groups is 1. The maximum atomic E-state index is 11.8. The second-order valence-corrected chi connectivity index (χ2v) is 4.37. The largest absolute Gasteiger partial charge is 0.456 e. The lowest BCUT2D eigenvalue weighted by atomic mass is 10.2. The number of esters is 1. The number of hydrogen-bond acceptors (Lipinski definition) is 5. The third-order valence-corrected chi connectivity index (χ3v) is 1.84. The molecule has 2 rings (SSSR count). The molecule has 2 aromatic heterocycles. The summed E-state index contributed by atoms with van der Waals surface area (Å²) in [5.41, 5.74) is 0.233. The molecule has 0 amide bonds. The van der Waals surface area contributed by atoms with Crippen LogP contribution in [0.15, 0.2) is 18.3 Å². The molecular weight excluding hydrogens is 208 g/mol. The standard InChI is InChI=1S/C10H12N4O2/c1-10(2,3)16-9(15)7-5-4-6-14-8(7)11-12-13-14/h4-6H,1-3H3. The first kappa shape index (κ1) is 10.5. The third kappa shape index (κ3) is 2.00. The molecule has 0 unspecified atom stereocenters. The van der Waals surface area contributed by atoms with Gasteiger partial charge in [0, 0.05) is 6.20 Å². The van der Waals surface area contributed by atoms with Gasteiger partial charge in [-0.3, -0.25) is 0 Å². The molecule has 0 radical (unpaired) electrons. The topological polar surface area (TPSA) is 69.4 Å². The summed E-state index contributed by atoms with van der Waals surface area (Å²) in [7, 11) is 0. The maximum absolute atomic E-state index is 11.8. The van der Waals surface area contributed by atoms with Gasteiger partial charge in [-0.1, -0.05) is 0 Å². The molecule has 0 aliphatic heterocycles. The first-order valence-corrected chi connectivity index (χ1v) is 4.87. The summed E-state index contributed by atoms with van der Waals surface area (Å²) in [5.74, 6) is -0.423. The van der Waals surface area contributed by atoms with E-state index in [0.717, 1.165) is 0 Å². The number of ether oxygens (including phenoxy) is 1. The highest BCUT2D eigenvalue weighted by molar-refractivity contribution is 5.95. The van der Waals surface area contributed by atoms with Crippen LogP contribution in [-0.2, 0) is 4.74 Å². The number of fused-ring (bicyclic) bond motifs is 1. The van der Waals surface area contributed by atoms with E-state index in [2.05, 4.69) is 15.5 Å². The Balaban J connectivity index is 2.40. The van der Waals surface area contributed by atoms with Gasteiger partial charge >= 0.3 is 5.97 Å². The molecule has 0 aliphatic rings. The van der Waals surface area contributed by atoms with E-state index in [-0.39, 0.29) is 0 Å². The average molecular weight is 220 g/mol. The first-order valence-electron chi connectivity index (χ1n) is 4.87. The van der Waals surface area contributed by atoms with Gasteiger partial charge in [-0.05, 0) is 43.3 Å². The van der Waals surface area contributed by atoms with Crippen molar-refractivity contribution in [1.82, 2.24) is 20.0 Å². The van der Waals surface area contributed by atoms with Crippen molar-refractivity contribution in [2.24, 2.45) is 0 Å². The third-order valence-electron chi connectivity index (χ3n) is 1.84. The lowest BCUT2D eigenvalue weighted by Gasteiger charge is -2.19. The fourth-order valence-electron chi connectivity index (χ4n) is 1.26. The van der Waals surface area contributed by atoms with Crippen molar-refractivity contribution in [1.29, 1.82) is 0 Å². The minimum absolute atomic E-state index is 0.363. The highest BCUT2D eigenvalue weighted by atomic mass is 16.6. The van der Waals surface area contributed by atoms with E-state index in [0.29, 0.717) is 11.2 Å². The van der Waals surface area contributed by atoms with E-state index in [9.17, 15) is 4.79 Å². The molecular formula is C10H12N4O2. The van der Waals surface area contributed by atoms with Crippen LogP contribution in [-0.4, -0.2) is 31.6 Å². The molecule has 0 saturated heterocycles. The summed E-state index contributed by atoms with van der Waals surface area (Å²) in [6.45, 7) is 5.44. The van der Waals surface area contributed by atoms with Crippen LogP contribution in [0.4, 0.5) is 0 Å². The summed E-state index contributed by atoms with van der Waals surface area (Å²) >= 11 is 0. The van der Waals surface area contributed by atoms with E-state index < -0.39 is 11.6 Å². The van der Waals surface area contributed by atoms with Gasteiger partial charge in [0.05, 0.1) is 0 Å². The molecule has 0 aliphatic carbocycles. The number of hydrogen-bond donors (Lipinski definition) is 0. The lowest BCUT2D eigenvalue weighted by Crippen LogP contribution is -2.24. The van der Waals surface area contributed by atoms with Gasteiger partial charge in [-0.2, -0.15) is 4.52 Å². The zero-order valence-electron chi connectivity index (χ0n) is 9.34. The Morgan fingerprint density at radius 1 is 1.44 bits per heavy atom. The number of nitrogens with zero attached hydrogens (tertiary/aromatic N) is 4. The second kappa shape index (κ2) is 3.55. The van der Waals surface area contributed by atoms with Crippen LogP contribution in [0.3, 0.4) is 0 Å². The quantitative estimate of drug-likeness (QED) is 0.672. The van der Waals surface area contributed by atoms with Crippen molar-refractivity contribution in [3.63, 3.8) is 0 Å². The minimum Gasteiger partial charge on any atom is -0.456 e. The Kier molecular flexibility index (Phi) is 2.34. The summed E-state index contributed by atoms with van der Waals surface area (Å²) in [4.78, 5) is 11.8. The Bertz CT molecular complexity index is 527. The van der Waals surface area contributed by atoms with Crippen LogP contribution in [0.5, 0.6) is 0 Å². The van der Waals surface area contributed by atoms with Crippen LogP contribution in [0.1, 0.15) is 31.1 Å². The predicted octanol–water partition coefficient (Wildman–Crippen LogP) is 1.08. The number of tetrazole rings is 1. The Hall–Kier alpha value is -1.98. The van der Waals surface area contributed by atoms with Crippen molar-refractivity contribution in [3.05, 3.63) is 23.9 Å². The Morgan fingerprint density at radius 2 is 2.19 bits per heavy atom. The van der Waals surface area contributed by atoms with Crippen molar-refractivity contribution >= 4 is 11.6 Å². The summed E-state index contributed by atoms with van der Waals surface area (Å²) in [5, 5.41) is 11.0. The molecule has 0 fully saturated rings. The molecule has 0 aromatic carbocycles. The molecule has 16 heavy (non-hydrogen) atoms. The Morgan fingerprint density at radius 3 is 2.88 bits per heavy atom. The minimum atomic E-state index is -0.530. The van der Waals surface area contributed by atoms with Gasteiger partial charge in [-0.25, -0.2) is 4.79 Å². The highest BCUT2D eigenvalue weighted by Gasteiger charge is 2.20. The predicted molar refractivity (Wildman–Crippen MR) is 56.0 cm³/mol. The van der Waals surface area contributed by atoms with Crippen LogP contribution in [0.25, 0.3) is 5.65 Å². The van der Waals surface area contributed by atoms with Gasteiger partial charge in [0.15, 0.2) is 5.65 Å². The average Bonchev–Trinajstić information content (AvgIpc) is 2.61. The van der Waals surface area contributed by atoms with Gasteiger partial charge in [0.2, 0.25) is 0 Å². The summed E-state index contributed by atoms with van der Waals surface area (Å²) in [6, 6.07) is 3.34. The smallest absolute Gasteiger partial charge is 0.342 e. The van der Waals surface area contributed by atoms with Crippen molar-refractivity contribution in [2.75, 3.05) is 0 Å². The van der Waals surface area contributed by atoms with E-state index in [1.54, 1.807) is 18.3 Å². The van der Waals surface area contributed by atoms with E-state index in [1.807, 2.05) is 20.8 Å². The monoisotopic (exact) mass is 220 g/mol. The van der Waals surface area contributed by atoms with Crippen molar-refractivity contribution < 1.29 is 9.53 Å². The maximum Gasteiger partial charge on any atom is 0.342 e. The van der Waals surface area contributed by atoms with Crippen LogP contribution >= 0.6 is 0 Å². The zero-order chi connectivity index (χ0) is 11.8. The fourth-order valence-corrected chi connectivity index (χ4v) is 1.26. The molecule has 0 bridgehead atoms. The highest BCUT2D eigenvalue weighted by Crippen LogP contribution is 2.14. The summed E-state index contributed by atoms with van der Waals surface area (Å²) < 4.78 is 6.68. The van der Waals surface area contributed by atoms with Crippen LogP contribution in [0.2, 0.25) is 0 Å². The van der Waals surface area contributed by atoms with Crippen LogP contribution in [0, 0.1) is 0 Å². The first-order chi connectivity index (χ1) is 7.47. The molecule has 6 heteroatoms. The van der Waals surface area contributed by atoms with Crippen molar-refractivity contribution in [2.45, 2.75) is 26.4 Å². The lowest BCUT2D eigenvalue weighted by molar-refractivity contribution is 0.00711. The van der Waals surface area contributed by atoms with E-state index >= 15 is 0 Å². The number of rotatable bonds is 1. The Labute approximate surface area is 92.2 Å². The second-order valence-electron chi connectivity index (χ2n) is 4.37. The normalized spacial score (nSPS) is 11.7. The van der Waals surface area contributed by atoms with Crippen LogP contribution < -0.4 is 0 Å².